The smallest absolute Gasteiger partial charge is 0.0857 e. The number of rotatable bonds is 9. The summed E-state index contributed by atoms with van der Waals surface area (Å²) in [7, 11) is 0. The van der Waals surface area contributed by atoms with Crippen LogP contribution in [0.15, 0.2) is 137 Å². The first-order chi connectivity index (χ1) is 26.2. The molecule has 4 nitrogen and oxygen atoms in total. The lowest BCUT2D eigenvalue weighted by molar-refractivity contribution is 0.681. The van der Waals surface area contributed by atoms with Crippen molar-refractivity contribution < 1.29 is 0 Å². The van der Waals surface area contributed by atoms with Crippen molar-refractivity contribution in [3.05, 3.63) is 144 Å². The molecule has 0 radical (unpaired) electrons. The SMILES string of the molecule is C=Nc1ccccc1.CCC#CCCCCC#CCC.CCc1c2c(c(CC)n1-c1ccccc1)CCCC2.c1ccc(N=Nc2ccccc2)cc1. The van der Waals surface area contributed by atoms with E-state index in [1.54, 1.807) is 22.5 Å². The molecular weight excluding hydrogens is 645 g/mol. The monoisotopic (exact) mass is 702 g/mol. The van der Waals surface area contributed by atoms with E-state index in [9.17, 15) is 0 Å². The number of nitrogens with zero attached hydrogens (tertiary/aromatic N) is 4. The fourth-order valence-electron chi connectivity index (χ4n) is 6.10. The van der Waals surface area contributed by atoms with Gasteiger partial charge >= 0.3 is 0 Å². The van der Waals surface area contributed by atoms with Gasteiger partial charge in [0.2, 0.25) is 0 Å². The first kappa shape index (κ1) is 42.0. The number of azo groups is 1. The molecule has 1 heterocycles. The van der Waals surface area contributed by atoms with Crippen molar-refractivity contribution in [3.8, 4) is 29.4 Å². The Bertz CT molecular complexity index is 1770. The summed E-state index contributed by atoms with van der Waals surface area (Å²) < 4.78 is 2.54. The van der Waals surface area contributed by atoms with Gasteiger partial charge in [-0.25, -0.2) is 0 Å². The quantitative estimate of drug-likeness (QED) is 0.0635. The topological polar surface area (TPSA) is 42.0 Å². The molecule has 0 fully saturated rings. The summed E-state index contributed by atoms with van der Waals surface area (Å²) in [5.74, 6) is 12.4. The molecule has 0 amide bonds. The van der Waals surface area contributed by atoms with Gasteiger partial charge in [0.1, 0.15) is 0 Å². The second-order valence-corrected chi connectivity index (χ2v) is 12.4. The maximum absolute atomic E-state index is 4.10. The predicted octanol–water partition coefficient (Wildman–Crippen LogP) is 14.0. The van der Waals surface area contributed by atoms with Crippen LogP contribution in [-0.4, -0.2) is 11.3 Å². The Morgan fingerprint density at radius 2 is 0.887 bits per heavy atom. The Kier molecular flexibility index (Phi) is 20.9. The van der Waals surface area contributed by atoms with Gasteiger partial charge in [-0.15, -0.1) is 23.7 Å². The van der Waals surface area contributed by atoms with Crippen LogP contribution in [0.3, 0.4) is 0 Å². The molecule has 4 heteroatoms. The molecule has 1 aromatic heterocycles. The molecule has 4 aromatic carbocycles. The average Bonchev–Trinajstić information content (AvgIpc) is 3.57. The van der Waals surface area contributed by atoms with Gasteiger partial charge < -0.3 is 4.57 Å². The van der Waals surface area contributed by atoms with Crippen molar-refractivity contribution in [2.75, 3.05) is 0 Å². The van der Waals surface area contributed by atoms with E-state index in [4.69, 9.17) is 0 Å². The standard InChI is InChI=1S/C18H23N.C12H10N2.C12H18.C7H7N/c1-3-17-15-12-8-9-13-16(15)18(4-2)19(17)14-10-6-5-7-11-14;1-3-7-11(8-4-1)13-14-12-9-5-2-6-10-12;1-3-5-7-9-11-12-10-8-6-4-2;1-8-7-5-3-2-4-6-7/h5-7,10-11H,3-4,8-9,12-13H2,1-2H3;1-10H;3-4,9-12H2,1-2H3;2-6H,1H2. The fourth-order valence-corrected chi connectivity index (χ4v) is 6.10. The predicted molar refractivity (Wildman–Crippen MR) is 228 cm³/mol. The van der Waals surface area contributed by atoms with Crippen molar-refractivity contribution in [1.82, 2.24) is 4.57 Å². The van der Waals surface area contributed by atoms with Crippen LogP contribution in [-0.2, 0) is 25.7 Å². The summed E-state index contributed by atoms with van der Waals surface area (Å²) in [4.78, 5) is 3.72. The third kappa shape index (κ3) is 15.4. The average molecular weight is 703 g/mol. The first-order valence-corrected chi connectivity index (χ1v) is 19.4. The van der Waals surface area contributed by atoms with Crippen LogP contribution in [0.25, 0.3) is 5.69 Å². The molecule has 1 aliphatic carbocycles. The summed E-state index contributed by atoms with van der Waals surface area (Å²) >= 11 is 0. The molecule has 0 saturated carbocycles. The number of unbranched alkanes of at least 4 members (excludes halogenated alkanes) is 3. The molecule has 0 saturated heterocycles. The van der Waals surface area contributed by atoms with Crippen molar-refractivity contribution in [1.29, 1.82) is 0 Å². The highest BCUT2D eigenvalue weighted by atomic mass is 15.1. The Balaban J connectivity index is 0.000000199. The molecule has 0 spiro atoms. The highest BCUT2D eigenvalue weighted by Gasteiger charge is 2.23. The lowest BCUT2D eigenvalue weighted by Crippen LogP contribution is -2.04. The maximum atomic E-state index is 4.10. The Morgan fingerprint density at radius 1 is 0.509 bits per heavy atom. The van der Waals surface area contributed by atoms with E-state index in [1.807, 2.05) is 91.0 Å². The van der Waals surface area contributed by atoms with Gasteiger partial charge in [0.15, 0.2) is 0 Å². The van der Waals surface area contributed by atoms with E-state index in [1.165, 1.54) is 44.2 Å². The highest BCUT2D eigenvalue weighted by Crippen LogP contribution is 2.33. The van der Waals surface area contributed by atoms with E-state index in [0.29, 0.717) is 0 Å². The van der Waals surface area contributed by atoms with Gasteiger partial charge in [-0.2, -0.15) is 10.2 Å². The van der Waals surface area contributed by atoms with Crippen molar-refractivity contribution in [3.63, 3.8) is 0 Å². The van der Waals surface area contributed by atoms with Crippen molar-refractivity contribution in [2.24, 2.45) is 15.2 Å². The van der Waals surface area contributed by atoms with Gasteiger partial charge in [-0.3, -0.25) is 4.99 Å². The first-order valence-electron chi connectivity index (χ1n) is 19.4. The van der Waals surface area contributed by atoms with Crippen LogP contribution in [0.1, 0.15) is 102 Å². The lowest BCUT2D eigenvalue weighted by Gasteiger charge is -2.12. The lowest BCUT2D eigenvalue weighted by atomic mass is 9.91. The molecule has 1 aliphatic rings. The number of benzene rings is 4. The minimum atomic E-state index is 0.872. The zero-order chi connectivity index (χ0) is 37.8. The summed E-state index contributed by atoms with van der Waals surface area (Å²) in [6.45, 7) is 12.1. The highest BCUT2D eigenvalue weighted by molar-refractivity contribution is 5.48. The normalized spacial score (nSPS) is 11.0. The molecule has 0 unspecified atom stereocenters. The molecule has 53 heavy (non-hydrogen) atoms. The Hall–Kier alpha value is -5.45. The maximum Gasteiger partial charge on any atom is 0.0857 e. The Morgan fingerprint density at radius 3 is 1.23 bits per heavy atom. The second kappa shape index (κ2) is 26.3. The molecule has 6 rings (SSSR count). The summed E-state index contributed by atoms with van der Waals surface area (Å²) in [6.07, 6.45) is 14.0. The molecular formula is C49H58N4. The molecule has 0 atom stereocenters. The third-order valence-corrected chi connectivity index (χ3v) is 8.58. The zero-order valence-corrected chi connectivity index (χ0v) is 32.5. The summed E-state index contributed by atoms with van der Waals surface area (Å²) in [5.41, 5.74) is 10.4. The van der Waals surface area contributed by atoms with Gasteiger partial charge in [0.25, 0.3) is 0 Å². The fraction of sp³-hybridized carbons (Fsp3) is 0.327. The molecule has 274 valence electrons. The molecule has 0 bridgehead atoms. The van der Waals surface area contributed by atoms with Crippen LogP contribution in [0, 0.1) is 23.7 Å². The number of hydrogen-bond donors (Lipinski definition) is 0. The molecule has 0 aliphatic heterocycles. The van der Waals surface area contributed by atoms with Crippen LogP contribution in [0.2, 0.25) is 0 Å². The third-order valence-electron chi connectivity index (χ3n) is 8.58. The van der Waals surface area contributed by atoms with Crippen molar-refractivity contribution in [2.45, 2.75) is 105 Å². The summed E-state index contributed by atoms with van der Waals surface area (Å²) in [5, 5.41) is 8.20. The zero-order valence-electron chi connectivity index (χ0n) is 32.5. The van der Waals surface area contributed by atoms with E-state index < -0.39 is 0 Å². The minimum absolute atomic E-state index is 0.872. The van der Waals surface area contributed by atoms with Crippen LogP contribution >= 0.6 is 0 Å². The number of hydrogen-bond acceptors (Lipinski definition) is 3. The van der Waals surface area contributed by atoms with E-state index in [0.717, 1.165) is 55.6 Å². The van der Waals surface area contributed by atoms with Gasteiger partial charge in [0.05, 0.1) is 17.1 Å². The number of fused-ring (bicyclic) bond motifs is 1. The number of aromatic nitrogens is 1. The van der Waals surface area contributed by atoms with Gasteiger partial charge in [-0.1, -0.05) is 100 Å². The number of aliphatic imine (C=N–C) groups is 1. The van der Waals surface area contributed by atoms with Crippen LogP contribution in [0.4, 0.5) is 17.1 Å². The summed E-state index contributed by atoms with van der Waals surface area (Å²) in [6, 6.07) is 39.9. The van der Waals surface area contributed by atoms with Gasteiger partial charge in [0, 0.05) is 42.8 Å². The van der Waals surface area contributed by atoms with Crippen molar-refractivity contribution >= 4 is 23.8 Å². The number of para-hydroxylation sites is 2. The minimum Gasteiger partial charge on any atom is -0.317 e. The van der Waals surface area contributed by atoms with Gasteiger partial charge in [-0.05, 0) is 118 Å². The van der Waals surface area contributed by atoms with E-state index in [-0.39, 0.29) is 0 Å². The van der Waals surface area contributed by atoms with E-state index in [2.05, 4.69) is 108 Å². The largest absolute Gasteiger partial charge is 0.317 e. The Labute approximate surface area is 320 Å². The van der Waals surface area contributed by atoms with Crippen LogP contribution in [0.5, 0.6) is 0 Å². The van der Waals surface area contributed by atoms with Crippen LogP contribution < -0.4 is 0 Å². The molecule has 0 N–H and O–H groups in total. The second-order valence-electron chi connectivity index (χ2n) is 12.4. The van der Waals surface area contributed by atoms with E-state index >= 15 is 0 Å². The molecule has 5 aromatic rings.